The van der Waals surface area contributed by atoms with Crippen molar-refractivity contribution in [2.45, 2.75) is 26.4 Å². The van der Waals surface area contributed by atoms with Gasteiger partial charge in [-0.1, -0.05) is 30.3 Å². The molecule has 3 aromatic rings. The second-order valence-electron chi connectivity index (χ2n) is 7.40. The number of carbonyl (C=O) groups excluding carboxylic acids is 2. The Kier molecular flexibility index (Phi) is 5.93. The molecule has 0 aromatic heterocycles. The number of rotatable bonds is 4. The molecule has 0 aliphatic rings. The molecule has 0 atom stereocenters. The first kappa shape index (κ1) is 20.1. The number of fused-ring (bicyclic) bond motifs is 1. The van der Waals surface area contributed by atoms with Crippen molar-refractivity contribution in [2.24, 2.45) is 5.10 Å². The number of amides is 1. The fourth-order valence-corrected chi connectivity index (χ4v) is 2.55. The normalized spacial score (nSPS) is 11.4. The van der Waals surface area contributed by atoms with Crippen molar-refractivity contribution in [1.29, 1.82) is 0 Å². The van der Waals surface area contributed by atoms with E-state index in [0.717, 1.165) is 16.3 Å². The van der Waals surface area contributed by atoms with Crippen molar-refractivity contribution in [3.05, 3.63) is 77.9 Å². The molecular weight excluding hydrogens is 368 g/mol. The molecule has 29 heavy (non-hydrogen) atoms. The zero-order valence-corrected chi connectivity index (χ0v) is 16.5. The quantitative estimate of drug-likeness (QED) is 0.297. The van der Waals surface area contributed by atoms with Gasteiger partial charge in [-0.3, -0.25) is 4.79 Å². The molecule has 0 saturated heterocycles. The molecule has 0 heterocycles. The van der Waals surface area contributed by atoms with Gasteiger partial charge in [-0.2, -0.15) is 5.10 Å². The molecule has 3 rings (SSSR count). The van der Waals surface area contributed by atoms with E-state index in [2.05, 4.69) is 10.5 Å². The van der Waals surface area contributed by atoms with Gasteiger partial charge in [-0.05, 0) is 73.5 Å². The lowest BCUT2D eigenvalue weighted by Crippen LogP contribution is -2.25. The minimum Gasteiger partial charge on any atom is -0.428 e. The molecule has 0 unspecified atom stereocenters. The maximum atomic E-state index is 12.3. The lowest BCUT2D eigenvalue weighted by Gasteiger charge is -2.18. The van der Waals surface area contributed by atoms with Gasteiger partial charge in [0.15, 0.2) is 0 Å². The van der Waals surface area contributed by atoms with Gasteiger partial charge in [-0.25, -0.2) is 10.2 Å². The van der Waals surface area contributed by atoms with E-state index in [-0.39, 0.29) is 5.91 Å². The van der Waals surface area contributed by atoms with E-state index in [1.165, 1.54) is 6.21 Å². The van der Waals surface area contributed by atoms with E-state index in [0.29, 0.717) is 11.3 Å². The van der Waals surface area contributed by atoms with Crippen LogP contribution in [0.2, 0.25) is 0 Å². The molecule has 3 aromatic carbocycles. The van der Waals surface area contributed by atoms with Crippen LogP contribution in [0, 0.1) is 0 Å². The van der Waals surface area contributed by atoms with Gasteiger partial charge in [0.05, 0.1) is 6.21 Å². The smallest absolute Gasteiger partial charge is 0.428 e. The van der Waals surface area contributed by atoms with E-state index in [1.54, 1.807) is 51.1 Å². The Hall–Kier alpha value is -3.67. The van der Waals surface area contributed by atoms with Crippen LogP contribution in [-0.4, -0.2) is 23.9 Å². The van der Waals surface area contributed by atoms with Crippen LogP contribution in [0.3, 0.4) is 0 Å². The molecule has 148 valence electrons. The van der Waals surface area contributed by atoms with E-state index in [4.69, 9.17) is 9.47 Å². The van der Waals surface area contributed by atoms with Crippen molar-refractivity contribution in [2.75, 3.05) is 0 Å². The summed E-state index contributed by atoms with van der Waals surface area (Å²) in [5, 5.41) is 6.04. The number of hydrazone groups is 1. The minimum atomic E-state index is -0.762. The molecule has 0 fully saturated rings. The number of hydrogen-bond donors (Lipinski definition) is 1. The number of benzene rings is 3. The largest absolute Gasteiger partial charge is 0.514 e. The topological polar surface area (TPSA) is 77.0 Å². The molecule has 6 nitrogen and oxygen atoms in total. The van der Waals surface area contributed by atoms with Crippen molar-refractivity contribution in [3.63, 3.8) is 0 Å². The fourth-order valence-electron chi connectivity index (χ4n) is 2.55. The second-order valence-corrected chi connectivity index (χ2v) is 7.40. The maximum absolute atomic E-state index is 12.3. The first-order valence-electron chi connectivity index (χ1n) is 9.13. The number of ether oxygens (including phenoxy) is 2. The Morgan fingerprint density at radius 1 is 0.931 bits per heavy atom. The molecule has 6 heteroatoms. The van der Waals surface area contributed by atoms with Gasteiger partial charge in [-0.15, -0.1) is 0 Å². The fraction of sp³-hybridized carbons (Fsp3) is 0.174. The summed E-state index contributed by atoms with van der Waals surface area (Å²) in [4.78, 5) is 23.9. The number of nitrogens with zero attached hydrogens (tertiary/aromatic N) is 1. The Labute approximate surface area is 169 Å². The molecule has 1 amide bonds. The molecule has 1 N–H and O–H groups in total. The first-order valence-corrected chi connectivity index (χ1v) is 9.13. The van der Waals surface area contributed by atoms with Crippen LogP contribution < -0.4 is 10.2 Å². The third-order valence-corrected chi connectivity index (χ3v) is 3.86. The maximum Gasteiger partial charge on any atom is 0.514 e. The average molecular weight is 390 g/mol. The van der Waals surface area contributed by atoms with Crippen LogP contribution in [0.1, 0.15) is 36.7 Å². The standard InChI is InChI=1S/C23H22N2O4/c1-23(2,3)29-22(27)28-20-12-8-16(9-13-20)15-24-25-21(26)19-11-10-17-6-4-5-7-18(17)14-19/h4-15H,1-3H3,(H,25,26). The molecule has 0 aliphatic carbocycles. The van der Waals surface area contributed by atoms with Crippen LogP contribution >= 0.6 is 0 Å². The van der Waals surface area contributed by atoms with Crippen LogP contribution in [0.25, 0.3) is 10.8 Å². The summed E-state index contributed by atoms with van der Waals surface area (Å²) in [5.41, 5.74) is 3.16. The summed E-state index contributed by atoms with van der Waals surface area (Å²) in [7, 11) is 0. The highest BCUT2D eigenvalue weighted by Crippen LogP contribution is 2.16. The first-order chi connectivity index (χ1) is 13.8. The minimum absolute atomic E-state index is 0.295. The van der Waals surface area contributed by atoms with Crippen molar-refractivity contribution in [3.8, 4) is 5.75 Å². The van der Waals surface area contributed by atoms with Gasteiger partial charge in [0, 0.05) is 5.56 Å². The molecular formula is C23H22N2O4. The van der Waals surface area contributed by atoms with Crippen LogP contribution in [0.5, 0.6) is 5.75 Å². The van der Waals surface area contributed by atoms with Crippen LogP contribution in [-0.2, 0) is 4.74 Å². The Balaban J connectivity index is 1.56. The average Bonchev–Trinajstić information content (AvgIpc) is 2.67. The van der Waals surface area contributed by atoms with E-state index >= 15 is 0 Å². The Morgan fingerprint density at radius 2 is 1.62 bits per heavy atom. The molecule has 0 spiro atoms. The van der Waals surface area contributed by atoms with Crippen molar-refractivity contribution < 1.29 is 19.1 Å². The van der Waals surface area contributed by atoms with Gasteiger partial charge in [0.1, 0.15) is 11.4 Å². The summed E-state index contributed by atoms with van der Waals surface area (Å²) in [5.74, 6) is 0.0634. The van der Waals surface area contributed by atoms with E-state index < -0.39 is 11.8 Å². The SMILES string of the molecule is CC(C)(C)OC(=O)Oc1ccc(C=NNC(=O)c2ccc3ccccc3c2)cc1. The Morgan fingerprint density at radius 3 is 2.31 bits per heavy atom. The summed E-state index contributed by atoms with van der Waals surface area (Å²) in [6.45, 7) is 5.29. The summed E-state index contributed by atoms with van der Waals surface area (Å²) >= 11 is 0. The summed E-state index contributed by atoms with van der Waals surface area (Å²) in [6, 6.07) is 20.0. The highest BCUT2D eigenvalue weighted by atomic mass is 16.7. The van der Waals surface area contributed by atoms with Gasteiger partial charge in [0.25, 0.3) is 5.91 Å². The Bertz CT molecular complexity index is 1050. The molecule has 0 saturated carbocycles. The number of carbonyl (C=O) groups is 2. The lowest BCUT2D eigenvalue weighted by molar-refractivity contribution is 0.0206. The predicted octanol–water partition coefficient (Wildman–Crippen LogP) is 4.92. The predicted molar refractivity (Wildman–Crippen MR) is 112 cm³/mol. The highest BCUT2D eigenvalue weighted by Gasteiger charge is 2.17. The third-order valence-electron chi connectivity index (χ3n) is 3.86. The lowest BCUT2D eigenvalue weighted by atomic mass is 10.1. The van der Waals surface area contributed by atoms with E-state index in [1.807, 2.05) is 36.4 Å². The zero-order chi connectivity index (χ0) is 20.9. The zero-order valence-electron chi connectivity index (χ0n) is 16.5. The molecule has 0 radical (unpaired) electrons. The van der Waals surface area contributed by atoms with E-state index in [9.17, 15) is 9.59 Å². The van der Waals surface area contributed by atoms with Gasteiger partial charge in [0.2, 0.25) is 0 Å². The highest BCUT2D eigenvalue weighted by molar-refractivity contribution is 5.98. The molecule has 0 bridgehead atoms. The van der Waals surface area contributed by atoms with Gasteiger partial charge < -0.3 is 9.47 Å². The monoisotopic (exact) mass is 390 g/mol. The molecule has 0 aliphatic heterocycles. The summed E-state index contributed by atoms with van der Waals surface area (Å²) < 4.78 is 10.2. The van der Waals surface area contributed by atoms with Gasteiger partial charge >= 0.3 is 6.16 Å². The number of nitrogens with one attached hydrogen (secondary N) is 1. The number of hydrogen-bond acceptors (Lipinski definition) is 5. The summed E-state index contributed by atoms with van der Waals surface area (Å²) in [6.07, 6.45) is 0.748. The van der Waals surface area contributed by atoms with Crippen molar-refractivity contribution >= 4 is 29.0 Å². The van der Waals surface area contributed by atoms with Crippen LogP contribution in [0.4, 0.5) is 4.79 Å². The van der Waals surface area contributed by atoms with Crippen LogP contribution in [0.15, 0.2) is 71.8 Å². The second kappa shape index (κ2) is 8.56. The van der Waals surface area contributed by atoms with Crippen molar-refractivity contribution in [1.82, 2.24) is 5.43 Å². The third kappa shape index (κ3) is 5.90.